The Morgan fingerprint density at radius 3 is 1.92 bits per heavy atom. The number of benzene rings is 3. The summed E-state index contributed by atoms with van der Waals surface area (Å²) in [6.45, 7) is 12.6. The molecule has 4 rings (SSSR count). The van der Waals surface area contributed by atoms with Gasteiger partial charge in [-0.05, 0) is 34.3 Å². The Morgan fingerprint density at radius 1 is 0.892 bits per heavy atom. The minimum absolute atomic E-state index is 0.00594. The van der Waals surface area contributed by atoms with Crippen LogP contribution in [0.15, 0.2) is 91.0 Å². The second-order valence-corrected chi connectivity index (χ2v) is 15.8. The number of hydrogen-bond acceptors (Lipinski definition) is 4. The van der Waals surface area contributed by atoms with E-state index >= 15 is 0 Å². The average molecular weight is 519 g/mol. The molecule has 1 saturated heterocycles. The summed E-state index contributed by atoms with van der Waals surface area (Å²) in [6.07, 6.45) is 0.140. The third-order valence-electron chi connectivity index (χ3n) is 7.72. The topological polar surface area (TPSA) is 51.2 Å². The summed E-state index contributed by atoms with van der Waals surface area (Å²) < 4.78 is 18.9. The van der Waals surface area contributed by atoms with Crippen molar-refractivity contribution in [2.45, 2.75) is 70.5 Å². The maximum Gasteiger partial charge on any atom is 0.261 e. The Kier molecular flexibility index (Phi) is 8.72. The van der Waals surface area contributed by atoms with Gasteiger partial charge in [-0.15, -0.1) is 0 Å². The van der Waals surface area contributed by atoms with Gasteiger partial charge in [-0.3, -0.25) is 0 Å². The van der Waals surface area contributed by atoms with Gasteiger partial charge < -0.3 is 19.0 Å². The molecule has 1 N–H and O–H groups in total. The van der Waals surface area contributed by atoms with E-state index in [1.807, 2.05) is 25.1 Å². The van der Waals surface area contributed by atoms with Crippen molar-refractivity contribution >= 4 is 18.7 Å². The van der Waals surface area contributed by atoms with Crippen molar-refractivity contribution in [3.63, 3.8) is 0 Å². The molecule has 4 atom stereocenters. The first-order chi connectivity index (χ1) is 17.7. The summed E-state index contributed by atoms with van der Waals surface area (Å²) >= 11 is 0. The molecule has 1 aliphatic heterocycles. The largest absolute Gasteiger partial charge is 0.407 e. The Hall–Kier alpha value is -2.28. The number of rotatable bonds is 12. The SMILES string of the molecule is C[C@@H](CO[Si](c1ccccc1)(c1ccccc1)C(C)(C)C)[C@@H](O)[C@@]1(C)O[C@@H]1CCOCc1ccccc1. The molecule has 3 aromatic rings. The molecule has 0 bridgehead atoms. The monoisotopic (exact) mass is 518 g/mol. The van der Waals surface area contributed by atoms with Crippen molar-refractivity contribution in [3.8, 4) is 0 Å². The molecular formula is C32H42O4Si. The van der Waals surface area contributed by atoms with E-state index in [-0.39, 0.29) is 17.1 Å². The van der Waals surface area contributed by atoms with Gasteiger partial charge in [-0.2, -0.15) is 0 Å². The standard InChI is InChI=1S/C32H42O4Si/c1-25(30(33)32(5)29(36-32)21-22-34-24-26-15-9-6-10-16-26)23-35-37(31(2,3)4,27-17-11-7-12-18-27)28-19-13-8-14-20-28/h6-20,25,29-30,33H,21-24H2,1-5H3/t25-,29+,30+,32-/m0/s1. The molecule has 37 heavy (non-hydrogen) atoms. The Balaban J connectivity index is 1.41. The van der Waals surface area contributed by atoms with Gasteiger partial charge >= 0.3 is 0 Å². The highest BCUT2D eigenvalue weighted by Gasteiger charge is 2.58. The van der Waals surface area contributed by atoms with Crippen LogP contribution >= 0.6 is 0 Å². The normalized spacial score (nSPS) is 21.4. The van der Waals surface area contributed by atoms with Crippen molar-refractivity contribution in [3.05, 3.63) is 96.6 Å². The molecule has 0 unspecified atom stereocenters. The third-order valence-corrected chi connectivity index (χ3v) is 12.7. The summed E-state index contributed by atoms with van der Waals surface area (Å²) in [5.74, 6) is -0.0816. The zero-order valence-electron chi connectivity index (χ0n) is 22.9. The zero-order valence-corrected chi connectivity index (χ0v) is 23.9. The van der Waals surface area contributed by atoms with Crippen LogP contribution in [0.25, 0.3) is 0 Å². The molecule has 5 heteroatoms. The highest BCUT2D eigenvalue weighted by molar-refractivity contribution is 6.99. The van der Waals surface area contributed by atoms with E-state index in [1.165, 1.54) is 10.4 Å². The van der Waals surface area contributed by atoms with E-state index < -0.39 is 20.0 Å². The predicted octanol–water partition coefficient (Wildman–Crippen LogP) is 5.32. The van der Waals surface area contributed by atoms with Crippen LogP contribution in [0.1, 0.15) is 46.6 Å². The lowest BCUT2D eigenvalue weighted by Crippen LogP contribution is -2.67. The fourth-order valence-corrected chi connectivity index (χ4v) is 10.2. The average Bonchev–Trinajstić information content (AvgIpc) is 3.58. The molecule has 0 radical (unpaired) electrons. The van der Waals surface area contributed by atoms with Crippen LogP contribution in [0, 0.1) is 5.92 Å². The molecular weight excluding hydrogens is 476 g/mol. The van der Waals surface area contributed by atoms with Crippen molar-refractivity contribution in [1.82, 2.24) is 0 Å². The first kappa shape index (κ1) is 27.7. The van der Waals surface area contributed by atoms with Gasteiger partial charge in [0.25, 0.3) is 8.32 Å². The van der Waals surface area contributed by atoms with E-state index in [0.29, 0.717) is 19.8 Å². The van der Waals surface area contributed by atoms with Crippen LogP contribution in [0.3, 0.4) is 0 Å². The highest BCUT2D eigenvalue weighted by Crippen LogP contribution is 2.44. The number of aliphatic hydroxyl groups excluding tert-OH is 1. The first-order valence-corrected chi connectivity index (χ1v) is 15.3. The van der Waals surface area contributed by atoms with Gasteiger partial charge in [0.2, 0.25) is 0 Å². The van der Waals surface area contributed by atoms with E-state index in [0.717, 1.165) is 12.0 Å². The molecule has 0 spiro atoms. The molecule has 1 heterocycles. The molecule has 0 aliphatic carbocycles. The van der Waals surface area contributed by atoms with Crippen LogP contribution in [-0.4, -0.2) is 44.4 Å². The van der Waals surface area contributed by atoms with Gasteiger partial charge in [0.15, 0.2) is 0 Å². The Bertz CT molecular complexity index is 1060. The van der Waals surface area contributed by atoms with Crippen molar-refractivity contribution in [1.29, 1.82) is 0 Å². The van der Waals surface area contributed by atoms with Gasteiger partial charge in [0.05, 0.1) is 18.8 Å². The van der Waals surface area contributed by atoms with E-state index in [9.17, 15) is 5.11 Å². The van der Waals surface area contributed by atoms with Gasteiger partial charge in [0, 0.05) is 19.1 Å². The number of hydrogen-bond donors (Lipinski definition) is 1. The van der Waals surface area contributed by atoms with Crippen molar-refractivity contribution < 1.29 is 19.0 Å². The molecule has 0 amide bonds. The predicted molar refractivity (Wildman–Crippen MR) is 153 cm³/mol. The maximum atomic E-state index is 11.3. The van der Waals surface area contributed by atoms with Gasteiger partial charge in [0.1, 0.15) is 5.60 Å². The van der Waals surface area contributed by atoms with E-state index in [2.05, 4.69) is 100 Å². The third kappa shape index (κ3) is 6.08. The summed E-state index contributed by atoms with van der Waals surface area (Å²) in [7, 11) is -2.64. The van der Waals surface area contributed by atoms with E-state index in [4.69, 9.17) is 13.9 Å². The van der Waals surface area contributed by atoms with Crippen molar-refractivity contribution in [2.24, 2.45) is 5.92 Å². The summed E-state index contributed by atoms with van der Waals surface area (Å²) in [5, 5.41) is 13.7. The van der Waals surface area contributed by atoms with Crippen LogP contribution < -0.4 is 10.4 Å². The molecule has 1 aliphatic rings. The molecule has 198 valence electrons. The number of epoxide rings is 1. The molecule has 3 aromatic carbocycles. The van der Waals surface area contributed by atoms with Gasteiger partial charge in [-0.25, -0.2) is 0 Å². The highest BCUT2D eigenvalue weighted by atomic mass is 28.4. The van der Waals surface area contributed by atoms with Crippen LogP contribution in [-0.2, 0) is 20.5 Å². The first-order valence-electron chi connectivity index (χ1n) is 13.4. The van der Waals surface area contributed by atoms with E-state index in [1.54, 1.807) is 0 Å². The van der Waals surface area contributed by atoms with Crippen LogP contribution in [0.4, 0.5) is 0 Å². The smallest absolute Gasteiger partial charge is 0.261 e. The molecule has 4 nitrogen and oxygen atoms in total. The zero-order chi connectivity index (χ0) is 26.5. The maximum absolute atomic E-state index is 11.3. The Labute approximate surface area is 223 Å². The number of ether oxygens (including phenoxy) is 2. The molecule has 1 fully saturated rings. The summed E-state index contributed by atoms with van der Waals surface area (Å²) in [6, 6.07) is 31.4. The molecule has 0 aromatic heterocycles. The second-order valence-electron chi connectivity index (χ2n) is 11.5. The lowest BCUT2D eigenvalue weighted by molar-refractivity contribution is 0.0211. The quantitative estimate of drug-likeness (QED) is 0.200. The fourth-order valence-electron chi connectivity index (χ4n) is 5.51. The lowest BCUT2D eigenvalue weighted by atomic mass is 9.90. The Morgan fingerprint density at radius 2 is 1.41 bits per heavy atom. The van der Waals surface area contributed by atoms with Crippen LogP contribution in [0.2, 0.25) is 5.04 Å². The minimum Gasteiger partial charge on any atom is -0.407 e. The summed E-state index contributed by atoms with van der Waals surface area (Å²) in [5.41, 5.74) is 0.598. The lowest BCUT2D eigenvalue weighted by Gasteiger charge is -2.44. The fraction of sp³-hybridized carbons (Fsp3) is 0.438. The molecule has 0 saturated carbocycles. The van der Waals surface area contributed by atoms with Gasteiger partial charge in [-0.1, -0.05) is 119 Å². The number of aliphatic hydroxyl groups is 1. The second kappa shape index (κ2) is 11.6. The van der Waals surface area contributed by atoms with Crippen molar-refractivity contribution in [2.75, 3.05) is 13.2 Å². The van der Waals surface area contributed by atoms with Crippen LogP contribution in [0.5, 0.6) is 0 Å². The minimum atomic E-state index is -2.64. The summed E-state index contributed by atoms with van der Waals surface area (Å²) in [4.78, 5) is 0.